The lowest BCUT2D eigenvalue weighted by Gasteiger charge is -2.39. The minimum absolute atomic E-state index is 0.0267. The molecule has 2 saturated heterocycles. The second-order valence-corrected chi connectivity index (χ2v) is 9.39. The number of hydrogen-bond donors (Lipinski definition) is 0. The minimum Gasteiger partial charge on any atom is -0.361 e. The van der Waals surface area contributed by atoms with Crippen molar-refractivity contribution in [1.29, 1.82) is 0 Å². The van der Waals surface area contributed by atoms with Gasteiger partial charge in [-0.05, 0) is 19.3 Å². The number of piperidine rings is 1. The van der Waals surface area contributed by atoms with Gasteiger partial charge in [0.05, 0.1) is 18.2 Å². The summed E-state index contributed by atoms with van der Waals surface area (Å²) in [5.74, 6) is 2.81. The van der Waals surface area contributed by atoms with E-state index in [9.17, 15) is 9.59 Å². The molecule has 1 atom stereocenters. The molecule has 0 spiro atoms. The van der Waals surface area contributed by atoms with Crippen LogP contribution < -0.4 is 0 Å². The zero-order chi connectivity index (χ0) is 18.7. The van der Waals surface area contributed by atoms with Crippen molar-refractivity contribution in [1.82, 2.24) is 15.0 Å². The molecule has 26 heavy (non-hydrogen) atoms. The Hall–Kier alpha value is -1.50. The molecule has 2 amide bonds. The van der Waals surface area contributed by atoms with Gasteiger partial charge < -0.3 is 14.3 Å². The van der Waals surface area contributed by atoms with Crippen molar-refractivity contribution in [3.8, 4) is 0 Å². The molecule has 0 N–H and O–H groups in total. The van der Waals surface area contributed by atoms with E-state index in [2.05, 4.69) is 25.9 Å². The Kier molecular flexibility index (Phi) is 5.95. The van der Waals surface area contributed by atoms with Crippen molar-refractivity contribution in [3.05, 3.63) is 17.5 Å². The molecule has 2 fully saturated rings. The topological polar surface area (TPSA) is 66.7 Å². The number of ketones is 1. The van der Waals surface area contributed by atoms with E-state index in [0.717, 1.165) is 49.6 Å². The van der Waals surface area contributed by atoms with Crippen molar-refractivity contribution in [2.45, 2.75) is 57.9 Å². The second-order valence-electron chi connectivity index (χ2n) is 8.16. The van der Waals surface area contributed by atoms with Crippen LogP contribution in [-0.4, -0.2) is 64.0 Å². The van der Waals surface area contributed by atoms with Gasteiger partial charge >= 0.3 is 6.03 Å². The highest BCUT2D eigenvalue weighted by atomic mass is 32.2. The summed E-state index contributed by atoms with van der Waals surface area (Å²) < 4.78 is 5.39. The number of hydrogen-bond acceptors (Lipinski definition) is 5. The number of thioether (sulfide) groups is 1. The smallest absolute Gasteiger partial charge is 0.320 e. The maximum atomic E-state index is 12.9. The van der Waals surface area contributed by atoms with Crippen molar-refractivity contribution in [3.63, 3.8) is 0 Å². The van der Waals surface area contributed by atoms with Gasteiger partial charge in [-0.15, -0.1) is 0 Å². The second kappa shape index (κ2) is 8.03. The van der Waals surface area contributed by atoms with E-state index >= 15 is 0 Å². The van der Waals surface area contributed by atoms with E-state index in [0.29, 0.717) is 12.2 Å². The first-order chi connectivity index (χ1) is 12.4. The fourth-order valence-corrected chi connectivity index (χ4v) is 4.38. The molecule has 0 aliphatic carbocycles. The maximum absolute atomic E-state index is 12.9. The first-order valence-electron chi connectivity index (χ1n) is 9.48. The Labute approximate surface area is 159 Å². The van der Waals surface area contributed by atoms with E-state index in [1.54, 1.807) is 4.90 Å². The molecule has 3 rings (SSSR count). The highest BCUT2D eigenvalue weighted by Gasteiger charge is 2.35. The van der Waals surface area contributed by atoms with Crippen LogP contribution in [0.15, 0.2) is 10.6 Å². The van der Waals surface area contributed by atoms with Crippen molar-refractivity contribution in [2.75, 3.05) is 31.1 Å². The number of amides is 2. The fourth-order valence-electron chi connectivity index (χ4n) is 3.48. The summed E-state index contributed by atoms with van der Waals surface area (Å²) in [6.45, 7) is 8.38. The van der Waals surface area contributed by atoms with Gasteiger partial charge in [0, 0.05) is 42.6 Å². The molecule has 0 radical (unpaired) electrons. The number of rotatable bonds is 3. The van der Waals surface area contributed by atoms with Crippen LogP contribution in [-0.2, 0) is 16.6 Å². The molecule has 3 heterocycles. The summed E-state index contributed by atoms with van der Waals surface area (Å²) in [7, 11) is 0. The monoisotopic (exact) mass is 379 g/mol. The molecule has 0 saturated carbocycles. The molecule has 144 valence electrons. The molecule has 1 aromatic rings. The van der Waals surface area contributed by atoms with Gasteiger partial charge in [0.2, 0.25) is 0 Å². The van der Waals surface area contributed by atoms with Crippen LogP contribution >= 0.6 is 11.8 Å². The summed E-state index contributed by atoms with van der Waals surface area (Å²) in [4.78, 5) is 29.5. The van der Waals surface area contributed by atoms with E-state index in [-0.39, 0.29) is 29.7 Å². The van der Waals surface area contributed by atoms with Crippen LogP contribution in [0.2, 0.25) is 0 Å². The Balaban J connectivity index is 1.67. The summed E-state index contributed by atoms with van der Waals surface area (Å²) >= 11 is 1.88. The van der Waals surface area contributed by atoms with E-state index in [4.69, 9.17) is 4.52 Å². The van der Waals surface area contributed by atoms with Crippen molar-refractivity contribution in [2.24, 2.45) is 0 Å². The van der Waals surface area contributed by atoms with Crippen LogP contribution in [0.1, 0.15) is 51.5 Å². The van der Waals surface area contributed by atoms with Gasteiger partial charge in [-0.1, -0.05) is 25.9 Å². The van der Waals surface area contributed by atoms with E-state index in [1.165, 1.54) is 0 Å². The molecular weight excluding hydrogens is 350 g/mol. The maximum Gasteiger partial charge on any atom is 0.320 e. The number of likely N-dealkylation sites (tertiary alicyclic amines) is 1. The van der Waals surface area contributed by atoms with Crippen LogP contribution in [0.3, 0.4) is 0 Å². The molecule has 0 unspecified atom stereocenters. The lowest BCUT2D eigenvalue weighted by Crippen LogP contribution is -2.54. The van der Waals surface area contributed by atoms with Crippen LogP contribution in [0.5, 0.6) is 0 Å². The fraction of sp³-hybridized carbons (Fsp3) is 0.737. The van der Waals surface area contributed by atoms with Gasteiger partial charge in [0.25, 0.3) is 0 Å². The average molecular weight is 380 g/mol. The predicted octanol–water partition coefficient (Wildman–Crippen LogP) is 3.11. The number of carbonyl (C=O) groups excluding carboxylic acids is 2. The average Bonchev–Trinajstić information content (AvgIpc) is 3.11. The predicted molar refractivity (Wildman–Crippen MR) is 103 cm³/mol. The Morgan fingerprint density at radius 1 is 1.23 bits per heavy atom. The molecular formula is C19H29N3O3S. The molecule has 1 aromatic heterocycles. The molecule has 2 aliphatic heterocycles. The molecule has 0 aromatic carbocycles. The summed E-state index contributed by atoms with van der Waals surface area (Å²) in [6.07, 6.45) is 2.93. The van der Waals surface area contributed by atoms with Gasteiger partial charge in [-0.2, -0.15) is 11.8 Å². The lowest BCUT2D eigenvalue weighted by molar-refractivity contribution is -0.124. The quantitative estimate of drug-likeness (QED) is 0.807. The van der Waals surface area contributed by atoms with Crippen LogP contribution in [0.25, 0.3) is 0 Å². The summed E-state index contributed by atoms with van der Waals surface area (Å²) in [5.41, 5.74) is 0.528. The zero-order valence-electron chi connectivity index (χ0n) is 16.0. The standard InChI is InChI=1S/C19H29N3O3S/c1-19(2,3)17-13-14(20-25-17)12-16(23)15-6-4-5-7-22(15)18(24)21-8-10-26-11-9-21/h13,15H,4-12H2,1-3H3/t15-/m0/s1. The van der Waals surface area contributed by atoms with Crippen LogP contribution in [0.4, 0.5) is 4.79 Å². The lowest BCUT2D eigenvalue weighted by atomic mass is 9.92. The first-order valence-corrected chi connectivity index (χ1v) is 10.6. The third-order valence-electron chi connectivity index (χ3n) is 5.06. The largest absolute Gasteiger partial charge is 0.361 e. The zero-order valence-corrected chi connectivity index (χ0v) is 16.8. The van der Waals surface area contributed by atoms with E-state index in [1.807, 2.05) is 22.7 Å². The molecule has 2 aliphatic rings. The number of aromatic nitrogens is 1. The SMILES string of the molecule is CC(C)(C)c1cc(CC(=O)[C@@H]2CCCCN2C(=O)N2CCSCC2)no1. The van der Waals surface area contributed by atoms with Gasteiger partial charge in [0.15, 0.2) is 5.78 Å². The molecule has 7 heteroatoms. The number of Topliss-reactive ketones (excluding diaryl/α,β-unsaturated/α-hetero) is 1. The summed E-state index contributed by atoms with van der Waals surface area (Å²) in [5, 5.41) is 4.06. The minimum atomic E-state index is -0.333. The van der Waals surface area contributed by atoms with Crippen molar-refractivity contribution >= 4 is 23.6 Å². The highest BCUT2D eigenvalue weighted by molar-refractivity contribution is 7.99. The number of nitrogens with zero attached hydrogens (tertiary/aromatic N) is 3. The van der Waals surface area contributed by atoms with Gasteiger partial charge in [0.1, 0.15) is 5.76 Å². The highest BCUT2D eigenvalue weighted by Crippen LogP contribution is 2.25. The van der Waals surface area contributed by atoms with Crippen molar-refractivity contribution < 1.29 is 14.1 Å². The van der Waals surface area contributed by atoms with Gasteiger partial charge in [-0.25, -0.2) is 4.79 Å². The third kappa shape index (κ3) is 4.42. The molecule has 0 bridgehead atoms. The normalized spacial score (nSPS) is 21.7. The van der Waals surface area contributed by atoms with Gasteiger partial charge in [-0.3, -0.25) is 4.79 Å². The number of carbonyl (C=O) groups is 2. The Morgan fingerprint density at radius 3 is 2.62 bits per heavy atom. The molecule has 6 nitrogen and oxygen atoms in total. The Morgan fingerprint density at radius 2 is 1.96 bits per heavy atom. The van der Waals surface area contributed by atoms with Crippen LogP contribution in [0, 0.1) is 0 Å². The van der Waals surface area contributed by atoms with E-state index < -0.39 is 0 Å². The summed E-state index contributed by atoms with van der Waals surface area (Å²) in [6, 6.07) is 1.56. The first kappa shape index (κ1) is 19.3. The number of urea groups is 1. The Bertz CT molecular complexity index is 647. The third-order valence-corrected chi connectivity index (χ3v) is 6.00.